The van der Waals surface area contributed by atoms with E-state index in [2.05, 4.69) is 5.80 Å². The second kappa shape index (κ2) is 3.02. The Hall–Kier alpha value is -0.300. The molecule has 0 saturated carbocycles. The summed E-state index contributed by atoms with van der Waals surface area (Å²) in [5.74, 6) is 2.08. The van der Waals surface area contributed by atoms with E-state index in [0.717, 1.165) is 8.19 Å². The average Bonchev–Trinajstić information content (AvgIpc) is 2.15. The molecule has 0 aliphatic rings. The van der Waals surface area contributed by atoms with E-state index in [1.54, 1.807) is 0 Å². The van der Waals surface area contributed by atoms with Gasteiger partial charge in [-0.1, -0.05) is 12.1 Å². The fourth-order valence-electron chi connectivity index (χ4n) is 0.720. The highest BCUT2D eigenvalue weighted by Crippen LogP contribution is 2.15. The molecular formula is C6H10NOP. The lowest BCUT2D eigenvalue weighted by molar-refractivity contribution is 0.184. The van der Waals surface area contributed by atoms with Gasteiger partial charge in [0.25, 0.3) is 0 Å². The maximum Gasteiger partial charge on any atom is 0.106 e. The van der Waals surface area contributed by atoms with Crippen LogP contribution in [0.15, 0.2) is 17.9 Å². The van der Waals surface area contributed by atoms with Gasteiger partial charge in [-0.3, -0.25) is 0 Å². The molecule has 3 N–H and O–H groups in total. The molecule has 0 spiro atoms. The summed E-state index contributed by atoms with van der Waals surface area (Å²) in [5, 5.41) is 9.97. The van der Waals surface area contributed by atoms with Crippen LogP contribution in [0.3, 0.4) is 0 Å². The van der Waals surface area contributed by atoms with Crippen molar-refractivity contribution in [2.75, 3.05) is 0 Å². The summed E-state index contributed by atoms with van der Waals surface area (Å²) in [7, 11) is 0.733. The summed E-state index contributed by atoms with van der Waals surface area (Å²) >= 11 is 0. The average molecular weight is 143 g/mol. The Labute approximate surface area is 55.8 Å². The molecule has 0 aliphatic heterocycles. The van der Waals surface area contributed by atoms with Gasteiger partial charge in [-0.25, -0.2) is 0 Å². The number of aliphatic hydroxyl groups excluding tert-OH is 1. The van der Waals surface area contributed by atoms with Gasteiger partial charge >= 0.3 is 0 Å². The molecule has 1 heterocycles. The predicted molar refractivity (Wildman–Crippen MR) is 39.8 cm³/mol. The van der Waals surface area contributed by atoms with E-state index in [0.29, 0.717) is 6.42 Å². The highest BCUT2D eigenvalue weighted by Gasteiger charge is 1.96. The molecule has 50 valence electrons. The van der Waals surface area contributed by atoms with Crippen molar-refractivity contribution in [1.82, 2.24) is 0 Å². The highest BCUT2D eigenvalue weighted by molar-refractivity contribution is 7.30. The Kier molecular flexibility index (Phi) is 2.29. The third kappa shape index (κ3) is 2.19. The van der Waals surface area contributed by atoms with Gasteiger partial charge in [0.2, 0.25) is 0 Å². The fourth-order valence-corrected chi connectivity index (χ4v) is 1.65. The van der Waals surface area contributed by atoms with Crippen LogP contribution in [0.1, 0.15) is 5.30 Å². The lowest BCUT2D eigenvalue weighted by atomic mass is 10.3. The first-order valence-electron chi connectivity index (χ1n) is 2.85. The van der Waals surface area contributed by atoms with E-state index in [-0.39, 0.29) is 0 Å². The molecule has 0 radical (unpaired) electrons. The van der Waals surface area contributed by atoms with Gasteiger partial charge in [0, 0.05) is 6.42 Å². The molecule has 0 aliphatic carbocycles. The summed E-state index contributed by atoms with van der Waals surface area (Å²) in [6.45, 7) is 0. The van der Waals surface area contributed by atoms with Crippen molar-refractivity contribution in [2.24, 2.45) is 5.73 Å². The Balaban J connectivity index is 2.48. The lowest BCUT2D eigenvalue weighted by Crippen LogP contribution is -2.20. The first-order chi connectivity index (χ1) is 4.29. The van der Waals surface area contributed by atoms with Gasteiger partial charge in [0.15, 0.2) is 0 Å². The standard InChI is InChI=1S/C6H10NOP/c7-6(8)4-5-2-1-3-9-5/h1-3,6,8-9H,4,7H2. The van der Waals surface area contributed by atoms with Crippen LogP contribution >= 0.6 is 8.19 Å². The molecule has 0 saturated heterocycles. The van der Waals surface area contributed by atoms with Crippen LogP contribution in [-0.2, 0) is 6.42 Å². The van der Waals surface area contributed by atoms with Crippen molar-refractivity contribution in [1.29, 1.82) is 0 Å². The van der Waals surface area contributed by atoms with Crippen LogP contribution in [0.2, 0.25) is 0 Å². The zero-order chi connectivity index (χ0) is 6.69. The Morgan fingerprint density at radius 3 is 3.00 bits per heavy atom. The molecule has 1 aromatic heterocycles. The monoisotopic (exact) mass is 143 g/mol. The van der Waals surface area contributed by atoms with Crippen LogP contribution in [0.25, 0.3) is 0 Å². The van der Waals surface area contributed by atoms with Crippen LogP contribution in [-0.4, -0.2) is 11.3 Å². The number of aliphatic hydroxyl groups is 1. The van der Waals surface area contributed by atoms with Gasteiger partial charge in [0.05, 0.1) is 0 Å². The predicted octanol–water partition coefficient (Wildman–Crippen LogP) is 0.537. The fraction of sp³-hybridized carbons (Fsp3) is 0.333. The zero-order valence-electron chi connectivity index (χ0n) is 5.04. The van der Waals surface area contributed by atoms with E-state index >= 15 is 0 Å². The topological polar surface area (TPSA) is 46.2 Å². The molecule has 3 heteroatoms. The third-order valence-corrected chi connectivity index (χ3v) is 2.19. The Morgan fingerprint density at radius 1 is 1.78 bits per heavy atom. The van der Waals surface area contributed by atoms with E-state index in [4.69, 9.17) is 10.8 Å². The molecular weight excluding hydrogens is 133 g/mol. The van der Waals surface area contributed by atoms with Crippen LogP contribution < -0.4 is 5.73 Å². The van der Waals surface area contributed by atoms with E-state index in [1.807, 2.05) is 12.1 Å². The maximum atomic E-state index is 8.73. The Bertz CT molecular complexity index is 160. The van der Waals surface area contributed by atoms with Gasteiger partial charge in [-0.15, -0.1) is 8.19 Å². The molecule has 2 nitrogen and oxygen atoms in total. The van der Waals surface area contributed by atoms with Crippen molar-refractivity contribution in [3.63, 3.8) is 0 Å². The van der Waals surface area contributed by atoms with Crippen LogP contribution in [0, 0.1) is 0 Å². The van der Waals surface area contributed by atoms with Crippen LogP contribution in [0.4, 0.5) is 0 Å². The molecule has 1 aromatic rings. The molecule has 0 fully saturated rings. The van der Waals surface area contributed by atoms with Gasteiger partial charge in [0.1, 0.15) is 6.23 Å². The SMILES string of the molecule is NC(O)Cc1ccc[pH]1. The third-order valence-electron chi connectivity index (χ3n) is 1.09. The van der Waals surface area contributed by atoms with Crippen molar-refractivity contribution in [3.8, 4) is 0 Å². The zero-order valence-corrected chi connectivity index (χ0v) is 6.04. The normalized spacial score (nSPS) is 14.4. The van der Waals surface area contributed by atoms with Crippen molar-refractivity contribution >= 4 is 8.19 Å². The minimum Gasteiger partial charge on any atom is -0.378 e. The van der Waals surface area contributed by atoms with Crippen LogP contribution in [0.5, 0.6) is 0 Å². The first kappa shape index (κ1) is 6.81. The Morgan fingerprint density at radius 2 is 2.56 bits per heavy atom. The molecule has 0 amide bonds. The summed E-state index contributed by atoms with van der Waals surface area (Å²) in [4.78, 5) is 0. The van der Waals surface area contributed by atoms with Crippen molar-refractivity contribution < 1.29 is 5.11 Å². The molecule has 2 atom stereocenters. The molecule has 2 unspecified atom stereocenters. The second-order valence-electron chi connectivity index (χ2n) is 1.97. The van der Waals surface area contributed by atoms with Gasteiger partial charge in [-0.05, 0) is 11.1 Å². The largest absolute Gasteiger partial charge is 0.378 e. The first-order valence-corrected chi connectivity index (χ1v) is 3.92. The van der Waals surface area contributed by atoms with E-state index < -0.39 is 6.23 Å². The quantitative estimate of drug-likeness (QED) is 0.593. The van der Waals surface area contributed by atoms with Gasteiger partial charge < -0.3 is 10.8 Å². The molecule has 9 heavy (non-hydrogen) atoms. The highest BCUT2D eigenvalue weighted by atomic mass is 31.0. The molecule has 0 aromatic carbocycles. The second-order valence-corrected chi connectivity index (χ2v) is 3.23. The van der Waals surface area contributed by atoms with E-state index in [9.17, 15) is 0 Å². The minimum absolute atomic E-state index is 0.617. The summed E-state index contributed by atoms with van der Waals surface area (Å²) in [6, 6.07) is 4.00. The van der Waals surface area contributed by atoms with Crippen molar-refractivity contribution in [2.45, 2.75) is 12.6 Å². The summed E-state index contributed by atoms with van der Waals surface area (Å²) in [6.07, 6.45) is -0.0607. The summed E-state index contributed by atoms with van der Waals surface area (Å²) < 4.78 is 0. The number of nitrogens with two attached hydrogens (primary N) is 1. The summed E-state index contributed by atoms with van der Waals surface area (Å²) in [5.41, 5.74) is 5.16. The molecule has 1 rings (SSSR count). The number of hydrogen-bond donors (Lipinski definition) is 2. The number of hydrogen-bond acceptors (Lipinski definition) is 2. The lowest BCUT2D eigenvalue weighted by Gasteiger charge is -1.99. The number of rotatable bonds is 2. The van der Waals surface area contributed by atoms with E-state index in [1.165, 1.54) is 5.30 Å². The maximum absolute atomic E-state index is 8.73. The minimum atomic E-state index is -0.677. The smallest absolute Gasteiger partial charge is 0.106 e. The van der Waals surface area contributed by atoms with Gasteiger partial charge in [-0.2, -0.15) is 0 Å². The van der Waals surface area contributed by atoms with Crippen molar-refractivity contribution in [3.05, 3.63) is 23.2 Å². The molecule has 0 bridgehead atoms.